The first kappa shape index (κ1) is 20.0. The minimum Gasteiger partial charge on any atom is -0.496 e. The molecule has 3 aliphatic rings. The summed E-state index contributed by atoms with van der Waals surface area (Å²) in [5.41, 5.74) is 8.12. The minimum atomic E-state index is -4.73. The molecule has 5 rings (SSSR count). The number of nitrogens with zero attached hydrogens (tertiary/aromatic N) is 1. The topological polar surface area (TPSA) is 47.7 Å². The van der Waals surface area contributed by atoms with Gasteiger partial charge in [0.15, 0.2) is 0 Å². The molecule has 3 fully saturated rings. The smallest absolute Gasteiger partial charge is 0.496 e. The molecule has 0 spiro atoms. The quantitative estimate of drug-likeness (QED) is 0.805. The van der Waals surface area contributed by atoms with Crippen molar-refractivity contribution in [3.8, 4) is 11.5 Å². The number of fused-ring (bicyclic) bond motifs is 3. The lowest BCUT2D eigenvalue weighted by Crippen LogP contribution is -2.67. The highest BCUT2D eigenvalue weighted by Gasteiger charge is 2.52. The zero-order chi connectivity index (χ0) is 20.6. The van der Waals surface area contributed by atoms with Crippen molar-refractivity contribution in [2.45, 2.75) is 31.3 Å². The van der Waals surface area contributed by atoms with Crippen LogP contribution in [0.1, 0.15) is 24.0 Å². The maximum atomic E-state index is 12.7. The Morgan fingerprint density at radius 1 is 1.10 bits per heavy atom. The first-order valence-corrected chi connectivity index (χ1v) is 9.83. The van der Waals surface area contributed by atoms with E-state index in [1.165, 1.54) is 25.3 Å². The van der Waals surface area contributed by atoms with Gasteiger partial charge in [0, 0.05) is 19.0 Å². The number of rotatable bonds is 5. The maximum absolute atomic E-state index is 12.7. The van der Waals surface area contributed by atoms with E-state index in [2.05, 4.69) is 9.64 Å². The molecule has 0 aliphatic carbocycles. The summed E-state index contributed by atoms with van der Waals surface area (Å²) in [6.07, 6.45) is -2.14. The minimum absolute atomic E-state index is 0.0578. The molecule has 0 saturated carbocycles. The van der Waals surface area contributed by atoms with Gasteiger partial charge in [-0.2, -0.15) is 0 Å². The van der Waals surface area contributed by atoms with E-state index in [9.17, 15) is 13.2 Å². The Kier molecular flexibility index (Phi) is 5.21. The number of piperidine rings is 3. The van der Waals surface area contributed by atoms with E-state index in [4.69, 9.17) is 10.5 Å². The van der Waals surface area contributed by atoms with Crippen LogP contribution >= 0.6 is 0 Å². The summed E-state index contributed by atoms with van der Waals surface area (Å²) in [7, 11) is 1.52. The summed E-state index contributed by atoms with van der Waals surface area (Å²) in [6, 6.07) is 14.2. The third kappa shape index (κ3) is 3.81. The van der Waals surface area contributed by atoms with Gasteiger partial charge in [-0.05, 0) is 54.5 Å². The molecule has 0 aromatic heterocycles. The molecule has 4 nitrogen and oxygen atoms in total. The van der Waals surface area contributed by atoms with Gasteiger partial charge in [0.25, 0.3) is 0 Å². The zero-order valence-electron chi connectivity index (χ0n) is 16.3. The lowest BCUT2D eigenvalue weighted by molar-refractivity contribution is -0.274. The molecular weight excluding hydrogens is 381 g/mol. The number of methoxy groups -OCH3 is 1. The third-order valence-corrected chi connectivity index (χ3v) is 6.36. The number of hydrogen-bond acceptors (Lipinski definition) is 4. The van der Waals surface area contributed by atoms with Gasteiger partial charge in [-0.1, -0.05) is 30.3 Å². The largest absolute Gasteiger partial charge is 0.573 e. The number of halogens is 3. The van der Waals surface area contributed by atoms with Gasteiger partial charge in [-0.15, -0.1) is 13.2 Å². The van der Waals surface area contributed by atoms with E-state index < -0.39 is 12.0 Å². The van der Waals surface area contributed by atoms with Gasteiger partial charge in [0.1, 0.15) is 11.5 Å². The van der Waals surface area contributed by atoms with Crippen LogP contribution in [0.2, 0.25) is 0 Å². The van der Waals surface area contributed by atoms with Gasteiger partial charge in [0.2, 0.25) is 0 Å². The molecule has 2 aromatic rings. The summed E-state index contributed by atoms with van der Waals surface area (Å²) in [4.78, 5) is 2.32. The number of benzene rings is 2. The van der Waals surface area contributed by atoms with Gasteiger partial charge in [-0.25, -0.2) is 0 Å². The molecule has 2 unspecified atom stereocenters. The van der Waals surface area contributed by atoms with Gasteiger partial charge in [-0.3, -0.25) is 4.90 Å². The standard InChI is InChI=1S/C22H25F3N2O2/c1-28-20-8-7-18(29-22(23,24)25)13-16(20)14-19-15-9-11-27(12-10-15)21(19,26)17-5-3-2-4-6-17/h2-8,13,15,19H,9-12,14,26H2,1H3. The summed E-state index contributed by atoms with van der Waals surface area (Å²) in [5.74, 6) is 0.771. The molecule has 2 atom stereocenters. The Hall–Kier alpha value is -2.25. The van der Waals surface area contributed by atoms with Crippen molar-refractivity contribution >= 4 is 0 Å². The molecule has 3 saturated heterocycles. The summed E-state index contributed by atoms with van der Waals surface area (Å²) < 4.78 is 47.7. The van der Waals surface area contributed by atoms with Crippen molar-refractivity contribution in [1.82, 2.24) is 4.90 Å². The predicted octanol–water partition coefficient (Wildman–Crippen LogP) is 4.29. The van der Waals surface area contributed by atoms with Crippen LogP contribution in [0.25, 0.3) is 0 Å². The number of alkyl halides is 3. The Balaban J connectivity index is 1.71. The second kappa shape index (κ2) is 7.54. The lowest BCUT2D eigenvalue weighted by atomic mass is 9.65. The van der Waals surface area contributed by atoms with E-state index >= 15 is 0 Å². The van der Waals surface area contributed by atoms with Crippen molar-refractivity contribution in [1.29, 1.82) is 0 Å². The average Bonchev–Trinajstić information content (AvgIpc) is 2.71. The Labute approximate surface area is 168 Å². The number of nitrogens with two attached hydrogens (primary N) is 1. The van der Waals surface area contributed by atoms with E-state index in [1.807, 2.05) is 30.3 Å². The van der Waals surface area contributed by atoms with Gasteiger partial charge in [0.05, 0.1) is 12.8 Å². The second-order valence-electron chi connectivity index (χ2n) is 7.85. The van der Waals surface area contributed by atoms with Crippen molar-refractivity contribution in [2.75, 3.05) is 20.2 Å². The van der Waals surface area contributed by atoms with E-state index in [0.29, 0.717) is 23.7 Å². The molecule has 3 aliphatic heterocycles. The molecule has 0 amide bonds. The SMILES string of the molecule is COc1ccc(OC(F)(F)F)cc1CC1C2CCN(CC2)C1(N)c1ccccc1. The summed E-state index contributed by atoms with van der Waals surface area (Å²) in [5, 5.41) is 0. The van der Waals surface area contributed by atoms with Crippen LogP contribution < -0.4 is 15.2 Å². The van der Waals surface area contributed by atoms with E-state index in [-0.39, 0.29) is 11.7 Å². The highest BCUT2D eigenvalue weighted by Crippen LogP contribution is 2.49. The molecule has 156 valence electrons. The van der Waals surface area contributed by atoms with Crippen LogP contribution in [0.4, 0.5) is 13.2 Å². The monoisotopic (exact) mass is 406 g/mol. The number of hydrogen-bond donors (Lipinski definition) is 1. The molecule has 2 N–H and O–H groups in total. The predicted molar refractivity (Wildman–Crippen MR) is 103 cm³/mol. The van der Waals surface area contributed by atoms with Crippen molar-refractivity contribution in [3.63, 3.8) is 0 Å². The zero-order valence-corrected chi connectivity index (χ0v) is 16.3. The van der Waals surface area contributed by atoms with Crippen LogP contribution in [0.15, 0.2) is 48.5 Å². The summed E-state index contributed by atoms with van der Waals surface area (Å²) in [6.45, 7) is 1.86. The molecule has 0 radical (unpaired) electrons. The van der Waals surface area contributed by atoms with Crippen LogP contribution in [-0.2, 0) is 12.1 Å². The summed E-state index contributed by atoms with van der Waals surface area (Å²) >= 11 is 0. The van der Waals surface area contributed by atoms with Gasteiger partial charge >= 0.3 is 6.36 Å². The van der Waals surface area contributed by atoms with Crippen LogP contribution in [0.5, 0.6) is 11.5 Å². The van der Waals surface area contributed by atoms with E-state index in [0.717, 1.165) is 31.5 Å². The molecule has 2 aromatic carbocycles. The second-order valence-corrected chi connectivity index (χ2v) is 7.85. The molecule has 29 heavy (non-hydrogen) atoms. The lowest BCUT2D eigenvalue weighted by Gasteiger charge is -2.58. The third-order valence-electron chi connectivity index (χ3n) is 6.36. The highest BCUT2D eigenvalue weighted by molar-refractivity contribution is 5.41. The van der Waals surface area contributed by atoms with Crippen molar-refractivity contribution in [2.24, 2.45) is 17.6 Å². The molecular formula is C22H25F3N2O2. The Bertz CT molecular complexity index is 851. The first-order valence-electron chi connectivity index (χ1n) is 9.83. The number of ether oxygens (including phenoxy) is 2. The average molecular weight is 406 g/mol. The first-order chi connectivity index (χ1) is 13.8. The fraction of sp³-hybridized carbons (Fsp3) is 0.455. The highest BCUT2D eigenvalue weighted by atomic mass is 19.4. The Morgan fingerprint density at radius 2 is 1.79 bits per heavy atom. The van der Waals surface area contributed by atoms with Crippen LogP contribution in [0, 0.1) is 11.8 Å². The van der Waals surface area contributed by atoms with Crippen molar-refractivity contribution < 1.29 is 22.6 Å². The van der Waals surface area contributed by atoms with Gasteiger partial charge < -0.3 is 15.2 Å². The normalized spacial score (nSPS) is 28.9. The fourth-order valence-electron chi connectivity index (χ4n) is 5.04. The van der Waals surface area contributed by atoms with Crippen molar-refractivity contribution in [3.05, 3.63) is 59.7 Å². The van der Waals surface area contributed by atoms with Crippen LogP contribution in [0.3, 0.4) is 0 Å². The molecule has 2 bridgehead atoms. The Morgan fingerprint density at radius 3 is 2.41 bits per heavy atom. The molecule has 7 heteroatoms. The van der Waals surface area contributed by atoms with E-state index in [1.54, 1.807) is 0 Å². The van der Waals surface area contributed by atoms with Crippen LogP contribution in [-0.4, -0.2) is 31.5 Å². The molecule has 3 heterocycles. The fourth-order valence-corrected chi connectivity index (χ4v) is 5.04. The maximum Gasteiger partial charge on any atom is 0.573 e.